The summed E-state index contributed by atoms with van der Waals surface area (Å²) in [6.07, 6.45) is 1.91. The Morgan fingerprint density at radius 1 is 1.14 bits per heavy atom. The molecule has 1 aliphatic rings. The number of hydrogen-bond acceptors (Lipinski definition) is 5. The van der Waals surface area contributed by atoms with E-state index in [4.69, 9.17) is 9.26 Å². The predicted octanol–water partition coefficient (Wildman–Crippen LogP) is 4.58. The van der Waals surface area contributed by atoms with Crippen LogP contribution in [0.5, 0.6) is 0 Å². The van der Waals surface area contributed by atoms with Crippen molar-refractivity contribution in [1.29, 1.82) is 0 Å². The molecule has 0 spiro atoms. The van der Waals surface area contributed by atoms with Crippen molar-refractivity contribution < 1.29 is 13.7 Å². The third kappa shape index (κ3) is 4.89. The van der Waals surface area contributed by atoms with E-state index in [0.717, 1.165) is 26.1 Å². The lowest BCUT2D eigenvalue weighted by Gasteiger charge is -2.37. The van der Waals surface area contributed by atoms with Crippen LogP contribution in [0.4, 0.5) is 4.39 Å². The van der Waals surface area contributed by atoms with Gasteiger partial charge in [0.25, 0.3) is 0 Å². The molecule has 1 aromatic heterocycles. The van der Waals surface area contributed by atoms with Crippen molar-refractivity contribution in [2.75, 3.05) is 19.6 Å². The van der Waals surface area contributed by atoms with Crippen molar-refractivity contribution >= 4 is 0 Å². The molecule has 5 nitrogen and oxygen atoms in total. The van der Waals surface area contributed by atoms with Crippen LogP contribution in [0.1, 0.15) is 36.5 Å². The highest BCUT2D eigenvalue weighted by Gasteiger charge is 2.26. The van der Waals surface area contributed by atoms with E-state index >= 15 is 0 Å². The van der Waals surface area contributed by atoms with E-state index in [1.807, 2.05) is 12.1 Å². The van der Waals surface area contributed by atoms with Gasteiger partial charge in [0.2, 0.25) is 11.7 Å². The van der Waals surface area contributed by atoms with Crippen LogP contribution in [0, 0.1) is 12.7 Å². The number of nitrogens with zero attached hydrogens (tertiary/aromatic N) is 3. The van der Waals surface area contributed by atoms with Gasteiger partial charge >= 0.3 is 0 Å². The second kappa shape index (κ2) is 8.84. The fraction of sp³-hybridized carbons (Fsp3) is 0.391. The first-order valence-corrected chi connectivity index (χ1v) is 10.1. The largest absolute Gasteiger partial charge is 0.368 e. The summed E-state index contributed by atoms with van der Waals surface area (Å²) in [7, 11) is 0. The molecule has 2 unspecified atom stereocenters. The number of halogens is 1. The molecule has 0 aliphatic carbocycles. The Bertz CT molecular complexity index is 944. The Morgan fingerprint density at radius 3 is 2.76 bits per heavy atom. The Balaban J connectivity index is 1.32. The fourth-order valence-corrected chi connectivity index (χ4v) is 3.73. The van der Waals surface area contributed by atoms with Crippen molar-refractivity contribution in [3.05, 3.63) is 71.4 Å². The topological polar surface area (TPSA) is 51.4 Å². The zero-order valence-electron chi connectivity index (χ0n) is 16.8. The van der Waals surface area contributed by atoms with Crippen LogP contribution in [-0.4, -0.2) is 40.8 Å². The molecule has 0 saturated carbocycles. The first-order valence-electron chi connectivity index (χ1n) is 10.1. The molecule has 4 rings (SSSR count). The maximum atomic E-state index is 13.8. The van der Waals surface area contributed by atoms with Gasteiger partial charge in [-0.05, 0) is 44.0 Å². The van der Waals surface area contributed by atoms with Gasteiger partial charge in [-0.25, -0.2) is 4.39 Å². The highest BCUT2D eigenvalue weighted by atomic mass is 19.1. The minimum absolute atomic E-state index is 0.103. The molecule has 0 radical (unpaired) electrons. The third-order valence-electron chi connectivity index (χ3n) is 5.27. The van der Waals surface area contributed by atoms with Gasteiger partial charge < -0.3 is 9.26 Å². The van der Waals surface area contributed by atoms with Crippen molar-refractivity contribution in [3.63, 3.8) is 0 Å². The summed E-state index contributed by atoms with van der Waals surface area (Å²) in [5.41, 5.74) is 2.46. The summed E-state index contributed by atoms with van der Waals surface area (Å²) in [5, 5.41) is 4.00. The molecule has 0 N–H and O–H groups in total. The molecule has 1 fully saturated rings. The van der Waals surface area contributed by atoms with E-state index in [1.165, 1.54) is 11.6 Å². The average Bonchev–Trinajstić information content (AvgIpc) is 3.19. The van der Waals surface area contributed by atoms with Gasteiger partial charge in [-0.15, -0.1) is 0 Å². The monoisotopic (exact) mass is 395 g/mol. The molecule has 2 atom stereocenters. The summed E-state index contributed by atoms with van der Waals surface area (Å²) in [5.74, 6) is 0.758. The lowest BCUT2D eigenvalue weighted by atomic mass is 10.1. The van der Waals surface area contributed by atoms with Crippen LogP contribution in [0.2, 0.25) is 0 Å². The van der Waals surface area contributed by atoms with Gasteiger partial charge in [0.05, 0.1) is 12.2 Å². The molecule has 3 aromatic rings. The SMILES string of the molecule is Cc1ccc(-c2noc(CCCN3CC(C)OC(c4ccccc4)C3)n2)cc1F. The lowest BCUT2D eigenvalue weighted by Crippen LogP contribution is -2.43. The fourth-order valence-electron chi connectivity index (χ4n) is 3.73. The number of morpholine rings is 1. The Labute approximate surface area is 170 Å². The number of hydrogen-bond donors (Lipinski definition) is 0. The van der Waals surface area contributed by atoms with Crippen molar-refractivity contribution in [2.45, 2.75) is 38.9 Å². The highest BCUT2D eigenvalue weighted by Crippen LogP contribution is 2.25. The quantitative estimate of drug-likeness (QED) is 0.612. The second-order valence-corrected chi connectivity index (χ2v) is 7.68. The molecule has 2 heterocycles. The lowest BCUT2D eigenvalue weighted by molar-refractivity contribution is -0.0790. The molecule has 152 valence electrons. The van der Waals surface area contributed by atoms with E-state index < -0.39 is 0 Å². The first-order chi connectivity index (χ1) is 14.1. The molecular weight excluding hydrogens is 369 g/mol. The van der Waals surface area contributed by atoms with E-state index in [2.05, 4.69) is 46.2 Å². The van der Waals surface area contributed by atoms with Crippen LogP contribution in [0.3, 0.4) is 0 Å². The second-order valence-electron chi connectivity index (χ2n) is 7.68. The van der Waals surface area contributed by atoms with Gasteiger partial charge in [-0.2, -0.15) is 4.98 Å². The number of aryl methyl sites for hydroxylation is 2. The normalized spacial score (nSPS) is 20.1. The van der Waals surface area contributed by atoms with Crippen LogP contribution in [0.25, 0.3) is 11.4 Å². The van der Waals surface area contributed by atoms with Gasteiger partial charge in [0.15, 0.2) is 0 Å². The van der Waals surface area contributed by atoms with Gasteiger partial charge in [0.1, 0.15) is 5.82 Å². The van der Waals surface area contributed by atoms with Crippen LogP contribution in [0.15, 0.2) is 53.1 Å². The Hall–Kier alpha value is -2.57. The summed E-state index contributed by atoms with van der Waals surface area (Å²) < 4.78 is 25.3. The van der Waals surface area contributed by atoms with E-state index in [1.54, 1.807) is 13.0 Å². The average molecular weight is 395 g/mol. The van der Waals surface area contributed by atoms with E-state index in [-0.39, 0.29) is 18.0 Å². The summed E-state index contributed by atoms with van der Waals surface area (Å²) >= 11 is 0. The highest BCUT2D eigenvalue weighted by molar-refractivity contribution is 5.54. The smallest absolute Gasteiger partial charge is 0.227 e. The van der Waals surface area contributed by atoms with E-state index in [9.17, 15) is 4.39 Å². The van der Waals surface area contributed by atoms with Crippen molar-refractivity contribution in [1.82, 2.24) is 15.0 Å². The molecule has 29 heavy (non-hydrogen) atoms. The van der Waals surface area contributed by atoms with Gasteiger partial charge in [-0.1, -0.05) is 47.6 Å². The standard InChI is InChI=1S/C23H26FN3O2/c1-16-10-11-19(13-20(16)24)23-25-22(29-26-23)9-6-12-27-14-17(2)28-21(15-27)18-7-4-3-5-8-18/h3-5,7-8,10-11,13,17,21H,6,9,12,14-15H2,1-2H3. The van der Waals surface area contributed by atoms with Gasteiger partial charge in [-0.3, -0.25) is 4.90 Å². The third-order valence-corrected chi connectivity index (χ3v) is 5.27. The van der Waals surface area contributed by atoms with Crippen molar-refractivity contribution in [3.8, 4) is 11.4 Å². The van der Waals surface area contributed by atoms with Crippen LogP contribution < -0.4 is 0 Å². The summed E-state index contributed by atoms with van der Waals surface area (Å²) in [6, 6.07) is 15.4. The maximum absolute atomic E-state index is 13.8. The molecule has 6 heteroatoms. The Kier molecular flexibility index (Phi) is 6.02. The first kappa shape index (κ1) is 19.7. The van der Waals surface area contributed by atoms with Crippen LogP contribution in [-0.2, 0) is 11.2 Å². The van der Waals surface area contributed by atoms with E-state index in [0.29, 0.717) is 29.3 Å². The van der Waals surface area contributed by atoms with Crippen LogP contribution >= 0.6 is 0 Å². The molecule has 1 saturated heterocycles. The zero-order valence-corrected chi connectivity index (χ0v) is 16.8. The molecular formula is C23H26FN3O2. The predicted molar refractivity (Wildman–Crippen MR) is 109 cm³/mol. The minimum atomic E-state index is -0.261. The van der Waals surface area contributed by atoms with Crippen molar-refractivity contribution in [2.24, 2.45) is 0 Å². The maximum Gasteiger partial charge on any atom is 0.227 e. The minimum Gasteiger partial charge on any atom is -0.368 e. The zero-order chi connectivity index (χ0) is 20.2. The molecule has 1 aliphatic heterocycles. The number of benzene rings is 2. The summed E-state index contributed by atoms with van der Waals surface area (Å²) in [4.78, 5) is 6.85. The number of ether oxygens (including phenoxy) is 1. The molecule has 2 aromatic carbocycles. The molecule has 0 amide bonds. The molecule has 0 bridgehead atoms. The Morgan fingerprint density at radius 2 is 1.97 bits per heavy atom. The van der Waals surface area contributed by atoms with Gasteiger partial charge in [0, 0.05) is 25.1 Å². The number of aromatic nitrogens is 2. The number of rotatable bonds is 6. The summed E-state index contributed by atoms with van der Waals surface area (Å²) in [6.45, 7) is 6.59.